The van der Waals surface area contributed by atoms with Crippen LogP contribution in [-0.4, -0.2) is 11.8 Å². The van der Waals surface area contributed by atoms with Crippen LogP contribution in [0.1, 0.15) is 59.3 Å². The van der Waals surface area contributed by atoms with Gasteiger partial charge in [0.15, 0.2) is 0 Å². The monoisotopic (exact) mass is 252 g/mol. The zero-order chi connectivity index (χ0) is 11.7. The Bertz CT molecular complexity index is 139. The molecule has 0 heterocycles. The molecule has 0 saturated heterocycles. The van der Waals surface area contributed by atoms with Gasteiger partial charge in [0, 0.05) is 11.8 Å². The summed E-state index contributed by atoms with van der Waals surface area (Å²) < 4.78 is 0. The highest BCUT2D eigenvalue weighted by Gasteiger charge is 2.28. The molecule has 0 atom stereocenters. The minimum absolute atomic E-state index is 0.186. The predicted molar refractivity (Wildman–Crippen MR) is 72.1 cm³/mol. The highest BCUT2D eigenvalue weighted by atomic mass is 35.5. The number of hydrogen-bond donors (Lipinski definition) is 0. The van der Waals surface area contributed by atoms with Crippen molar-refractivity contribution in [1.82, 2.24) is 0 Å². The zero-order valence-electron chi connectivity index (χ0n) is 10.5. The minimum Gasteiger partial charge on any atom is -0.126 e. The van der Waals surface area contributed by atoms with Crippen molar-refractivity contribution in [1.29, 1.82) is 0 Å². The second-order valence-electron chi connectivity index (χ2n) is 5.18. The van der Waals surface area contributed by atoms with E-state index >= 15 is 0 Å². The summed E-state index contributed by atoms with van der Waals surface area (Å²) in [5.74, 6) is 2.11. The summed E-state index contributed by atoms with van der Waals surface area (Å²) >= 11 is 12.2. The van der Waals surface area contributed by atoms with E-state index < -0.39 is 0 Å². The Labute approximate surface area is 106 Å². The quantitative estimate of drug-likeness (QED) is 0.377. The molecule has 0 N–H and O–H groups in total. The van der Waals surface area contributed by atoms with E-state index in [2.05, 4.69) is 20.8 Å². The molecule has 0 nitrogen and oxygen atoms in total. The molecule has 0 aliphatic rings. The van der Waals surface area contributed by atoms with Crippen molar-refractivity contribution < 1.29 is 0 Å². The van der Waals surface area contributed by atoms with Gasteiger partial charge in [-0.15, -0.1) is 23.2 Å². The molecule has 0 aliphatic heterocycles. The maximum Gasteiger partial charge on any atom is 0.0291 e. The molecule has 0 bridgehead atoms. The van der Waals surface area contributed by atoms with Gasteiger partial charge < -0.3 is 0 Å². The highest BCUT2D eigenvalue weighted by Crippen LogP contribution is 2.35. The van der Waals surface area contributed by atoms with Gasteiger partial charge in [0.05, 0.1) is 0 Å². The standard InChI is InChI=1S/C13H26Cl2/c1-4-5-6-7-8-13(10-14,11-15)9-12(2)3/h12H,4-11H2,1-3H3. The Morgan fingerprint density at radius 2 is 1.60 bits per heavy atom. The fraction of sp³-hybridized carbons (Fsp3) is 1.00. The van der Waals surface area contributed by atoms with Crippen LogP contribution in [0, 0.1) is 11.3 Å². The summed E-state index contributed by atoms with van der Waals surface area (Å²) in [6.07, 6.45) is 7.58. The smallest absolute Gasteiger partial charge is 0.0291 e. The van der Waals surface area contributed by atoms with Gasteiger partial charge in [-0.05, 0) is 24.2 Å². The maximum absolute atomic E-state index is 6.10. The molecule has 15 heavy (non-hydrogen) atoms. The first-order chi connectivity index (χ1) is 7.10. The SMILES string of the molecule is CCCCCCC(CCl)(CCl)CC(C)C. The van der Waals surface area contributed by atoms with Crippen LogP contribution in [0.5, 0.6) is 0 Å². The third-order valence-electron chi connectivity index (χ3n) is 2.97. The molecule has 0 aliphatic carbocycles. The van der Waals surface area contributed by atoms with Crippen LogP contribution in [0.25, 0.3) is 0 Å². The van der Waals surface area contributed by atoms with Gasteiger partial charge in [-0.2, -0.15) is 0 Å². The first-order valence-electron chi connectivity index (χ1n) is 6.22. The Morgan fingerprint density at radius 3 is 2.00 bits per heavy atom. The molecule has 0 aromatic rings. The molecule has 0 aromatic heterocycles. The lowest BCUT2D eigenvalue weighted by atomic mass is 9.79. The molecule has 0 aromatic carbocycles. The van der Waals surface area contributed by atoms with E-state index in [0.717, 1.165) is 6.42 Å². The number of rotatable bonds is 9. The Hall–Kier alpha value is 0.580. The molecular weight excluding hydrogens is 227 g/mol. The van der Waals surface area contributed by atoms with Gasteiger partial charge in [0.25, 0.3) is 0 Å². The lowest BCUT2D eigenvalue weighted by Gasteiger charge is -2.31. The van der Waals surface area contributed by atoms with Crippen LogP contribution in [-0.2, 0) is 0 Å². The normalized spacial score (nSPS) is 12.4. The maximum atomic E-state index is 6.10. The summed E-state index contributed by atoms with van der Waals surface area (Å²) in [5.41, 5.74) is 0.186. The molecule has 0 fully saturated rings. The van der Waals surface area contributed by atoms with Gasteiger partial charge in [-0.1, -0.05) is 46.5 Å². The van der Waals surface area contributed by atoms with Crippen molar-refractivity contribution in [3.8, 4) is 0 Å². The molecule has 0 amide bonds. The second-order valence-corrected chi connectivity index (χ2v) is 5.71. The Balaban J connectivity index is 4.00. The van der Waals surface area contributed by atoms with Gasteiger partial charge in [0.2, 0.25) is 0 Å². The first-order valence-corrected chi connectivity index (χ1v) is 7.29. The van der Waals surface area contributed by atoms with E-state index in [1.54, 1.807) is 0 Å². The largest absolute Gasteiger partial charge is 0.126 e. The number of hydrogen-bond acceptors (Lipinski definition) is 0. The lowest BCUT2D eigenvalue weighted by Crippen LogP contribution is -2.27. The summed E-state index contributed by atoms with van der Waals surface area (Å²) in [4.78, 5) is 0. The van der Waals surface area contributed by atoms with Crippen LogP contribution in [0.2, 0.25) is 0 Å². The van der Waals surface area contributed by atoms with E-state index in [4.69, 9.17) is 23.2 Å². The van der Waals surface area contributed by atoms with Gasteiger partial charge in [0.1, 0.15) is 0 Å². The Morgan fingerprint density at radius 1 is 1.00 bits per heavy atom. The van der Waals surface area contributed by atoms with Crippen molar-refractivity contribution in [3.63, 3.8) is 0 Å². The summed E-state index contributed by atoms with van der Waals surface area (Å²) in [5, 5.41) is 0. The third-order valence-corrected chi connectivity index (χ3v) is 4.10. The number of halogens is 2. The van der Waals surface area contributed by atoms with Crippen molar-refractivity contribution in [2.45, 2.75) is 59.3 Å². The molecule has 0 radical (unpaired) electrons. The predicted octanol–water partition coefficient (Wildman–Crippen LogP) is 5.47. The summed E-state index contributed by atoms with van der Waals surface area (Å²) in [7, 11) is 0. The molecule has 0 saturated carbocycles. The minimum atomic E-state index is 0.186. The molecule has 92 valence electrons. The average molecular weight is 253 g/mol. The number of unbranched alkanes of at least 4 members (excludes halogenated alkanes) is 3. The van der Waals surface area contributed by atoms with Crippen LogP contribution < -0.4 is 0 Å². The van der Waals surface area contributed by atoms with Gasteiger partial charge in [-0.25, -0.2) is 0 Å². The van der Waals surface area contributed by atoms with Crippen LogP contribution in [0.4, 0.5) is 0 Å². The highest BCUT2D eigenvalue weighted by molar-refractivity contribution is 6.21. The van der Waals surface area contributed by atoms with Crippen LogP contribution in [0.15, 0.2) is 0 Å². The topological polar surface area (TPSA) is 0 Å². The zero-order valence-corrected chi connectivity index (χ0v) is 12.0. The average Bonchev–Trinajstić information content (AvgIpc) is 2.22. The van der Waals surface area contributed by atoms with Crippen LogP contribution in [0.3, 0.4) is 0 Å². The second kappa shape index (κ2) is 8.70. The van der Waals surface area contributed by atoms with E-state index in [1.165, 1.54) is 32.1 Å². The van der Waals surface area contributed by atoms with Crippen molar-refractivity contribution in [3.05, 3.63) is 0 Å². The molecule has 0 spiro atoms. The van der Waals surface area contributed by atoms with Crippen LogP contribution >= 0.6 is 23.2 Å². The third kappa shape index (κ3) is 6.68. The van der Waals surface area contributed by atoms with Crippen molar-refractivity contribution in [2.24, 2.45) is 11.3 Å². The van der Waals surface area contributed by atoms with E-state index in [0.29, 0.717) is 17.7 Å². The number of alkyl halides is 2. The fourth-order valence-corrected chi connectivity index (χ4v) is 2.94. The summed E-state index contributed by atoms with van der Waals surface area (Å²) in [6, 6.07) is 0. The fourth-order valence-electron chi connectivity index (χ4n) is 2.17. The lowest BCUT2D eigenvalue weighted by molar-refractivity contribution is 0.266. The van der Waals surface area contributed by atoms with Gasteiger partial charge >= 0.3 is 0 Å². The van der Waals surface area contributed by atoms with Crippen molar-refractivity contribution >= 4 is 23.2 Å². The molecule has 0 unspecified atom stereocenters. The Kier molecular flexibility index (Phi) is 9.04. The molecule has 0 rings (SSSR count). The molecular formula is C13H26Cl2. The first kappa shape index (κ1) is 15.6. The van der Waals surface area contributed by atoms with E-state index in [9.17, 15) is 0 Å². The molecule has 2 heteroatoms. The van der Waals surface area contributed by atoms with Gasteiger partial charge in [-0.3, -0.25) is 0 Å². The van der Waals surface area contributed by atoms with E-state index in [1.807, 2.05) is 0 Å². The van der Waals surface area contributed by atoms with E-state index in [-0.39, 0.29) is 5.41 Å². The van der Waals surface area contributed by atoms with Crippen molar-refractivity contribution in [2.75, 3.05) is 11.8 Å². The summed E-state index contributed by atoms with van der Waals surface area (Å²) in [6.45, 7) is 6.74.